The van der Waals surface area contributed by atoms with Gasteiger partial charge >= 0.3 is 5.97 Å². The summed E-state index contributed by atoms with van der Waals surface area (Å²) in [5.41, 5.74) is 2.14. The molecule has 1 aromatic heterocycles. The minimum absolute atomic E-state index is 0.162. The Hall–Kier alpha value is -2.34. The zero-order valence-electron chi connectivity index (χ0n) is 11.1. The lowest BCUT2D eigenvalue weighted by Gasteiger charge is -2.00. The van der Waals surface area contributed by atoms with E-state index in [-0.39, 0.29) is 5.56 Å². The van der Waals surface area contributed by atoms with Crippen LogP contribution in [0.2, 0.25) is 0 Å². The van der Waals surface area contributed by atoms with Crippen molar-refractivity contribution in [2.24, 2.45) is 0 Å². The fraction of sp³-hybridized carbons (Fsp3) is 0.0667. The van der Waals surface area contributed by atoms with Gasteiger partial charge in [-0.1, -0.05) is 15.9 Å². The number of rotatable bonds is 3. The summed E-state index contributed by atoms with van der Waals surface area (Å²) in [5, 5.41) is 9.26. The van der Waals surface area contributed by atoms with Crippen molar-refractivity contribution in [1.29, 1.82) is 0 Å². The first-order chi connectivity index (χ1) is 10.1. The van der Waals surface area contributed by atoms with Gasteiger partial charge < -0.3 is 14.8 Å². The van der Waals surface area contributed by atoms with Gasteiger partial charge in [0.2, 0.25) is 0 Å². The van der Waals surface area contributed by atoms with Crippen LogP contribution in [0.25, 0.3) is 22.4 Å². The van der Waals surface area contributed by atoms with Crippen LogP contribution in [0, 0.1) is 0 Å². The number of imidazole rings is 1. The van der Waals surface area contributed by atoms with Crippen molar-refractivity contribution in [3.8, 4) is 17.1 Å². The Kier molecular flexibility index (Phi) is 3.39. The zero-order chi connectivity index (χ0) is 15.0. The molecule has 21 heavy (non-hydrogen) atoms. The number of carboxylic acids is 1. The van der Waals surface area contributed by atoms with E-state index < -0.39 is 5.97 Å². The third-order valence-electron chi connectivity index (χ3n) is 3.15. The van der Waals surface area contributed by atoms with Crippen molar-refractivity contribution in [3.63, 3.8) is 0 Å². The van der Waals surface area contributed by atoms with Gasteiger partial charge in [-0.15, -0.1) is 0 Å². The Bertz CT molecular complexity index is 825. The lowest BCUT2D eigenvalue weighted by atomic mass is 10.2. The Balaban J connectivity index is 2.16. The van der Waals surface area contributed by atoms with Crippen LogP contribution in [-0.4, -0.2) is 28.2 Å². The van der Waals surface area contributed by atoms with Crippen LogP contribution in [0.1, 0.15) is 10.4 Å². The first-order valence-corrected chi connectivity index (χ1v) is 6.95. The molecule has 0 atom stereocenters. The van der Waals surface area contributed by atoms with Crippen LogP contribution in [-0.2, 0) is 0 Å². The van der Waals surface area contributed by atoms with Gasteiger partial charge in [0, 0.05) is 10.0 Å². The van der Waals surface area contributed by atoms with Crippen LogP contribution in [0.4, 0.5) is 0 Å². The SMILES string of the molecule is COc1ccc(-c2nc3c(C(=O)O)cc(Br)cc3[nH]2)cc1. The molecule has 0 radical (unpaired) electrons. The Morgan fingerprint density at radius 2 is 2.00 bits per heavy atom. The number of hydrogen-bond acceptors (Lipinski definition) is 3. The Morgan fingerprint density at radius 3 is 2.62 bits per heavy atom. The number of carboxylic acid groups (broad SMARTS) is 1. The molecule has 0 aliphatic carbocycles. The largest absolute Gasteiger partial charge is 0.497 e. The second-order valence-corrected chi connectivity index (χ2v) is 5.38. The van der Waals surface area contributed by atoms with E-state index >= 15 is 0 Å². The molecule has 5 nitrogen and oxygen atoms in total. The van der Waals surface area contributed by atoms with Crippen LogP contribution >= 0.6 is 15.9 Å². The Labute approximate surface area is 128 Å². The number of aromatic carboxylic acids is 1. The highest BCUT2D eigenvalue weighted by atomic mass is 79.9. The second-order valence-electron chi connectivity index (χ2n) is 4.47. The van der Waals surface area contributed by atoms with E-state index in [1.807, 2.05) is 30.3 Å². The average Bonchev–Trinajstić information content (AvgIpc) is 2.90. The first-order valence-electron chi connectivity index (χ1n) is 6.15. The minimum atomic E-state index is -1.01. The standard InChI is InChI=1S/C15H11BrN2O3/c1-21-10-4-2-8(3-5-10)14-17-12-7-9(16)6-11(15(19)20)13(12)18-14/h2-7H,1H3,(H,17,18)(H,19,20). The fourth-order valence-electron chi connectivity index (χ4n) is 2.13. The molecule has 0 saturated heterocycles. The van der Waals surface area contributed by atoms with E-state index in [0.29, 0.717) is 21.3 Å². The summed E-state index contributed by atoms with van der Waals surface area (Å²) in [6.07, 6.45) is 0. The predicted molar refractivity (Wildman–Crippen MR) is 82.7 cm³/mol. The summed E-state index contributed by atoms with van der Waals surface area (Å²) >= 11 is 3.31. The highest BCUT2D eigenvalue weighted by molar-refractivity contribution is 9.10. The van der Waals surface area contributed by atoms with Gasteiger partial charge in [0.1, 0.15) is 17.1 Å². The van der Waals surface area contributed by atoms with Crippen molar-refractivity contribution < 1.29 is 14.6 Å². The quantitative estimate of drug-likeness (QED) is 0.758. The number of H-pyrrole nitrogens is 1. The third-order valence-corrected chi connectivity index (χ3v) is 3.60. The maximum Gasteiger partial charge on any atom is 0.338 e. The van der Waals surface area contributed by atoms with Crippen molar-refractivity contribution >= 4 is 32.9 Å². The van der Waals surface area contributed by atoms with E-state index in [9.17, 15) is 9.90 Å². The molecule has 3 rings (SSSR count). The summed E-state index contributed by atoms with van der Waals surface area (Å²) in [6, 6.07) is 10.7. The number of hydrogen-bond donors (Lipinski definition) is 2. The van der Waals surface area contributed by atoms with Crippen LogP contribution < -0.4 is 4.74 Å². The molecule has 3 aromatic rings. The normalized spacial score (nSPS) is 10.8. The molecule has 1 heterocycles. The van der Waals surface area contributed by atoms with E-state index in [0.717, 1.165) is 11.3 Å². The summed E-state index contributed by atoms with van der Waals surface area (Å²) < 4.78 is 5.81. The molecule has 2 N–H and O–H groups in total. The number of aromatic amines is 1. The molecule has 0 fully saturated rings. The van der Waals surface area contributed by atoms with Gasteiger partial charge in [-0.25, -0.2) is 9.78 Å². The molecule has 0 saturated carbocycles. The third kappa shape index (κ3) is 2.50. The second kappa shape index (κ2) is 5.21. The predicted octanol–water partition coefficient (Wildman–Crippen LogP) is 3.70. The molecule has 0 bridgehead atoms. The van der Waals surface area contributed by atoms with Crippen molar-refractivity contribution in [3.05, 3.63) is 46.4 Å². The number of nitrogens with one attached hydrogen (secondary N) is 1. The topological polar surface area (TPSA) is 75.2 Å². The molecular formula is C15H11BrN2O3. The molecule has 6 heteroatoms. The van der Waals surface area contributed by atoms with Crippen molar-refractivity contribution in [2.45, 2.75) is 0 Å². The van der Waals surface area contributed by atoms with E-state index in [1.165, 1.54) is 0 Å². The van der Waals surface area contributed by atoms with Gasteiger partial charge in [-0.2, -0.15) is 0 Å². The molecule has 0 spiro atoms. The number of nitrogens with zero attached hydrogens (tertiary/aromatic N) is 1. The highest BCUT2D eigenvalue weighted by Crippen LogP contribution is 2.27. The lowest BCUT2D eigenvalue weighted by Crippen LogP contribution is -1.97. The average molecular weight is 347 g/mol. The number of aromatic nitrogens is 2. The van der Waals surface area contributed by atoms with Gasteiger partial charge in [0.15, 0.2) is 0 Å². The van der Waals surface area contributed by atoms with Crippen molar-refractivity contribution in [2.75, 3.05) is 7.11 Å². The minimum Gasteiger partial charge on any atom is -0.497 e. The molecule has 0 unspecified atom stereocenters. The summed E-state index contributed by atoms with van der Waals surface area (Å²) in [7, 11) is 1.60. The molecular weight excluding hydrogens is 336 g/mol. The summed E-state index contributed by atoms with van der Waals surface area (Å²) in [4.78, 5) is 18.8. The summed E-state index contributed by atoms with van der Waals surface area (Å²) in [5.74, 6) is 0.367. The molecule has 2 aromatic carbocycles. The van der Waals surface area contributed by atoms with Gasteiger partial charge in [-0.05, 0) is 36.4 Å². The van der Waals surface area contributed by atoms with Crippen LogP contribution in [0.3, 0.4) is 0 Å². The maximum absolute atomic E-state index is 11.3. The fourth-order valence-corrected chi connectivity index (χ4v) is 2.59. The van der Waals surface area contributed by atoms with Crippen molar-refractivity contribution in [1.82, 2.24) is 9.97 Å². The smallest absolute Gasteiger partial charge is 0.338 e. The molecule has 0 aliphatic rings. The zero-order valence-corrected chi connectivity index (χ0v) is 12.6. The first kappa shape index (κ1) is 13.6. The number of halogens is 1. The Morgan fingerprint density at radius 1 is 1.29 bits per heavy atom. The van der Waals surface area contributed by atoms with E-state index in [1.54, 1.807) is 13.2 Å². The number of benzene rings is 2. The monoisotopic (exact) mass is 346 g/mol. The van der Waals surface area contributed by atoms with Gasteiger partial charge in [0.05, 0.1) is 18.2 Å². The van der Waals surface area contributed by atoms with E-state index in [4.69, 9.17) is 4.74 Å². The summed E-state index contributed by atoms with van der Waals surface area (Å²) in [6.45, 7) is 0. The number of carbonyl (C=O) groups is 1. The van der Waals surface area contributed by atoms with Crippen LogP contribution in [0.5, 0.6) is 5.75 Å². The number of methoxy groups -OCH3 is 1. The molecule has 0 aliphatic heterocycles. The van der Waals surface area contributed by atoms with Gasteiger partial charge in [-0.3, -0.25) is 0 Å². The van der Waals surface area contributed by atoms with Crippen LogP contribution in [0.15, 0.2) is 40.9 Å². The molecule has 106 valence electrons. The number of ether oxygens (including phenoxy) is 1. The molecule has 0 amide bonds. The van der Waals surface area contributed by atoms with Gasteiger partial charge in [0.25, 0.3) is 0 Å². The van der Waals surface area contributed by atoms with E-state index in [2.05, 4.69) is 25.9 Å². The maximum atomic E-state index is 11.3. The lowest BCUT2D eigenvalue weighted by molar-refractivity contribution is 0.0699. The highest BCUT2D eigenvalue weighted by Gasteiger charge is 2.15. The number of fused-ring (bicyclic) bond motifs is 1.